The van der Waals surface area contributed by atoms with E-state index in [2.05, 4.69) is 20.6 Å². The topological polar surface area (TPSA) is 76.1 Å². The molecule has 27 heavy (non-hydrogen) atoms. The van der Waals surface area contributed by atoms with E-state index in [9.17, 15) is 4.79 Å². The number of hydrogen-bond acceptors (Lipinski definition) is 5. The zero-order chi connectivity index (χ0) is 19.2. The van der Waals surface area contributed by atoms with Crippen molar-refractivity contribution in [2.75, 3.05) is 17.7 Å². The highest BCUT2D eigenvalue weighted by Crippen LogP contribution is 2.25. The van der Waals surface area contributed by atoms with E-state index in [0.717, 1.165) is 11.1 Å². The Bertz CT molecular complexity index is 945. The van der Waals surface area contributed by atoms with Gasteiger partial charge in [-0.05, 0) is 48.4 Å². The normalized spacial score (nSPS) is 10.3. The van der Waals surface area contributed by atoms with Gasteiger partial charge in [-0.2, -0.15) is 0 Å². The summed E-state index contributed by atoms with van der Waals surface area (Å²) < 4.78 is 5.29. The quantitative estimate of drug-likeness (QED) is 0.664. The molecule has 0 radical (unpaired) electrons. The third-order valence-electron chi connectivity index (χ3n) is 3.86. The van der Waals surface area contributed by atoms with Gasteiger partial charge < -0.3 is 15.4 Å². The van der Waals surface area contributed by atoms with Crippen LogP contribution in [0.5, 0.6) is 5.75 Å². The highest BCUT2D eigenvalue weighted by atomic mass is 35.5. The number of methoxy groups -OCH3 is 1. The van der Waals surface area contributed by atoms with Gasteiger partial charge in [0.1, 0.15) is 11.4 Å². The molecule has 0 saturated carbocycles. The number of aryl methyl sites for hydroxylation is 1. The summed E-state index contributed by atoms with van der Waals surface area (Å²) in [6, 6.07) is 14.6. The van der Waals surface area contributed by atoms with E-state index in [0.29, 0.717) is 29.0 Å². The molecule has 0 unspecified atom stereocenters. The maximum Gasteiger partial charge on any atom is 0.274 e. The smallest absolute Gasteiger partial charge is 0.274 e. The highest BCUT2D eigenvalue weighted by Gasteiger charge is 2.12. The molecule has 0 spiro atoms. The molecule has 0 saturated heterocycles. The molecule has 138 valence electrons. The van der Waals surface area contributed by atoms with Gasteiger partial charge in [0.05, 0.1) is 12.8 Å². The average Bonchev–Trinajstić information content (AvgIpc) is 2.68. The number of amides is 1. The third-order valence-corrected chi connectivity index (χ3v) is 4.11. The van der Waals surface area contributed by atoms with E-state index in [1.165, 1.54) is 0 Å². The number of nitrogens with zero attached hydrogens (tertiary/aromatic N) is 2. The predicted molar refractivity (Wildman–Crippen MR) is 106 cm³/mol. The number of nitrogens with one attached hydrogen (secondary N) is 2. The van der Waals surface area contributed by atoms with Gasteiger partial charge in [0, 0.05) is 17.8 Å². The fourth-order valence-electron chi connectivity index (χ4n) is 2.46. The number of hydrogen-bond donors (Lipinski definition) is 2. The minimum Gasteiger partial charge on any atom is -0.495 e. The first kappa shape index (κ1) is 18.7. The molecule has 3 rings (SSSR count). The van der Waals surface area contributed by atoms with Crippen molar-refractivity contribution in [3.63, 3.8) is 0 Å². The van der Waals surface area contributed by atoms with Crippen LogP contribution >= 0.6 is 11.6 Å². The Hall–Kier alpha value is -3.12. The van der Waals surface area contributed by atoms with E-state index >= 15 is 0 Å². The van der Waals surface area contributed by atoms with Crippen LogP contribution in [0.25, 0.3) is 0 Å². The molecule has 6 nitrogen and oxygen atoms in total. The fourth-order valence-corrected chi connectivity index (χ4v) is 2.59. The predicted octanol–water partition coefficient (Wildman–Crippen LogP) is 4.31. The van der Waals surface area contributed by atoms with Crippen LogP contribution in [-0.4, -0.2) is 23.0 Å². The zero-order valence-corrected chi connectivity index (χ0v) is 15.7. The van der Waals surface area contributed by atoms with Crippen LogP contribution in [0.2, 0.25) is 5.02 Å². The Kier molecular flexibility index (Phi) is 5.88. The second kappa shape index (κ2) is 8.51. The standard InChI is InChI=1S/C20H19ClN4O2/c1-13-3-8-18(27-2)17(11-13)24-19(26)16-9-10-22-20(25-16)23-12-14-4-6-15(21)7-5-14/h3-11H,12H2,1-2H3,(H,24,26)(H,22,23,25). The molecule has 3 aromatic rings. The zero-order valence-electron chi connectivity index (χ0n) is 15.0. The molecule has 2 N–H and O–H groups in total. The van der Waals surface area contributed by atoms with Crippen LogP contribution in [0.4, 0.5) is 11.6 Å². The molecule has 0 bridgehead atoms. The van der Waals surface area contributed by atoms with Crippen molar-refractivity contribution >= 4 is 29.1 Å². The summed E-state index contributed by atoms with van der Waals surface area (Å²) in [6.07, 6.45) is 1.54. The Morgan fingerprint density at radius 2 is 1.93 bits per heavy atom. The summed E-state index contributed by atoms with van der Waals surface area (Å²) in [6.45, 7) is 2.46. The summed E-state index contributed by atoms with van der Waals surface area (Å²) in [5.74, 6) is 0.619. The number of anilines is 2. The van der Waals surface area contributed by atoms with Crippen molar-refractivity contribution in [1.29, 1.82) is 0 Å². The summed E-state index contributed by atoms with van der Waals surface area (Å²) in [7, 11) is 1.56. The molecular weight excluding hydrogens is 364 g/mol. The lowest BCUT2D eigenvalue weighted by Crippen LogP contribution is -2.16. The summed E-state index contributed by atoms with van der Waals surface area (Å²) in [4.78, 5) is 21.0. The van der Waals surface area contributed by atoms with E-state index in [-0.39, 0.29) is 11.6 Å². The summed E-state index contributed by atoms with van der Waals surface area (Å²) in [5.41, 5.74) is 2.89. The third kappa shape index (κ3) is 4.95. The first-order valence-corrected chi connectivity index (χ1v) is 8.70. The summed E-state index contributed by atoms with van der Waals surface area (Å²) >= 11 is 5.88. The van der Waals surface area contributed by atoms with E-state index in [1.807, 2.05) is 49.4 Å². The molecule has 0 aliphatic carbocycles. The molecule has 1 heterocycles. The maximum atomic E-state index is 12.6. The van der Waals surface area contributed by atoms with Gasteiger partial charge in [-0.15, -0.1) is 0 Å². The molecule has 0 aliphatic heterocycles. The van der Waals surface area contributed by atoms with Crippen LogP contribution in [0.15, 0.2) is 54.7 Å². The van der Waals surface area contributed by atoms with Gasteiger partial charge in [0.2, 0.25) is 5.95 Å². The van der Waals surface area contributed by atoms with E-state index < -0.39 is 0 Å². The lowest BCUT2D eigenvalue weighted by atomic mass is 10.2. The Labute approximate surface area is 162 Å². The number of halogens is 1. The van der Waals surface area contributed by atoms with Crippen molar-refractivity contribution in [1.82, 2.24) is 9.97 Å². The molecule has 0 fully saturated rings. The number of carbonyl (C=O) groups excluding carboxylic acids is 1. The number of rotatable bonds is 6. The Morgan fingerprint density at radius 1 is 1.15 bits per heavy atom. The van der Waals surface area contributed by atoms with E-state index in [1.54, 1.807) is 19.4 Å². The van der Waals surface area contributed by atoms with Crippen molar-refractivity contribution in [3.8, 4) is 5.75 Å². The second-order valence-electron chi connectivity index (χ2n) is 5.90. The summed E-state index contributed by atoms with van der Waals surface area (Å²) in [5, 5.41) is 6.61. The molecule has 0 atom stereocenters. The molecule has 1 amide bonds. The maximum absolute atomic E-state index is 12.6. The van der Waals surface area contributed by atoms with Crippen LogP contribution in [0.3, 0.4) is 0 Å². The van der Waals surface area contributed by atoms with Crippen LogP contribution in [-0.2, 0) is 6.54 Å². The number of carbonyl (C=O) groups is 1. The fraction of sp³-hybridized carbons (Fsp3) is 0.150. The van der Waals surface area contributed by atoms with Crippen molar-refractivity contribution < 1.29 is 9.53 Å². The lowest BCUT2D eigenvalue weighted by Gasteiger charge is -2.11. The largest absolute Gasteiger partial charge is 0.495 e. The van der Waals surface area contributed by atoms with Crippen molar-refractivity contribution in [2.24, 2.45) is 0 Å². The number of benzene rings is 2. The highest BCUT2D eigenvalue weighted by molar-refractivity contribution is 6.30. The molecule has 7 heteroatoms. The van der Waals surface area contributed by atoms with Gasteiger partial charge in [0.25, 0.3) is 5.91 Å². The first-order valence-electron chi connectivity index (χ1n) is 8.32. The molecule has 0 aliphatic rings. The Balaban J connectivity index is 1.70. The minimum atomic E-state index is -0.337. The molecule has 2 aromatic carbocycles. The molecular formula is C20H19ClN4O2. The number of ether oxygens (including phenoxy) is 1. The first-order chi connectivity index (χ1) is 13.0. The van der Waals surface area contributed by atoms with Crippen LogP contribution < -0.4 is 15.4 Å². The lowest BCUT2D eigenvalue weighted by molar-refractivity contribution is 0.102. The van der Waals surface area contributed by atoms with Crippen LogP contribution in [0, 0.1) is 6.92 Å². The van der Waals surface area contributed by atoms with Gasteiger partial charge in [0.15, 0.2) is 0 Å². The van der Waals surface area contributed by atoms with E-state index in [4.69, 9.17) is 16.3 Å². The van der Waals surface area contributed by atoms with Crippen LogP contribution in [0.1, 0.15) is 21.6 Å². The monoisotopic (exact) mass is 382 g/mol. The minimum absolute atomic E-state index is 0.257. The van der Waals surface area contributed by atoms with Gasteiger partial charge in [-0.25, -0.2) is 9.97 Å². The van der Waals surface area contributed by atoms with Crippen molar-refractivity contribution in [3.05, 3.63) is 76.6 Å². The van der Waals surface area contributed by atoms with Gasteiger partial charge in [-0.1, -0.05) is 29.8 Å². The van der Waals surface area contributed by atoms with Crippen molar-refractivity contribution in [2.45, 2.75) is 13.5 Å². The SMILES string of the molecule is COc1ccc(C)cc1NC(=O)c1ccnc(NCc2ccc(Cl)cc2)n1. The Morgan fingerprint density at radius 3 is 2.67 bits per heavy atom. The average molecular weight is 383 g/mol. The molecule has 1 aromatic heterocycles. The van der Waals surface area contributed by atoms with Gasteiger partial charge in [-0.3, -0.25) is 4.79 Å². The van der Waals surface area contributed by atoms with Gasteiger partial charge >= 0.3 is 0 Å². The number of aromatic nitrogens is 2. The second-order valence-corrected chi connectivity index (χ2v) is 6.34.